The molecule has 1 heterocycles. The van der Waals surface area contributed by atoms with Crippen molar-refractivity contribution in [3.05, 3.63) is 259 Å². The Bertz CT molecular complexity index is 3360. The third kappa shape index (κ3) is 5.50. The first-order chi connectivity index (χ1) is 30.3. The number of benzene rings is 10. The van der Waals surface area contributed by atoms with Gasteiger partial charge in [-0.2, -0.15) is 0 Å². The van der Waals surface area contributed by atoms with E-state index in [1.165, 1.54) is 55.3 Å². The normalized spacial score (nSPS) is 12.7. The fraction of sp³-hybridized carbons (Fsp3) is 0.0169. The van der Waals surface area contributed by atoms with Crippen LogP contribution in [0.4, 0.5) is 17.1 Å². The van der Waals surface area contributed by atoms with Crippen LogP contribution in [0.15, 0.2) is 241 Å². The Kier molecular flexibility index (Phi) is 8.11. The van der Waals surface area contributed by atoms with Crippen molar-refractivity contribution in [3.63, 3.8) is 0 Å². The summed E-state index contributed by atoms with van der Waals surface area (Å²) in [5, 5.41) is 4.69. The molecular weight excluding hydrogens is 739 g/mol. The molecule has 0 saturated heterocycles. The fourth-order valence-corrected chi connectivity index (χ4v) is 10.1. The highest BCUT2D eigenvalue weighted by Gasteiger charge is 2.46. The third-order valence-electron chi connectivity index (χ3n) is 12.8. The van der Waals surface area contributed by atoms with Crippen molar-refractivity contribution in [1.29, 1.82) is 0 Å². The molecule has 0 unspecified atom stereocenters. The van der Waals surface area contributed by atoms with Crippen molar-refractivity contribution < 1.29 is 4.42 Å². The molecular formula is C59H39NO. The SMILES string of the molecule is c1ccc(-c2cccc3c2oc2cc(N(c4ccc(-c5cccc6ccccc56)cc4)c4ccc5c(c4)C(c4ccccc4)(c4ccccc4)c4ccccc4-5)ccc23)cc1. The summed E-state index contributed by atoms with van der Waals surface area (Å²) in [4.78, 5) is 2.39. The lowest BCUT2D eigenvalue weighted by Gasteiger charge is -2.35. The molecule has 0 bridgehead atoms. The van der Waals surface area contributed by atoms with Crippen molar-refractivity contribution in [3.8, 4) is 33.4 Å². The zero-order valence-corrected chi connectivity index (χ0v) is 33.4. The van der Waals surface area contributed by atoms with Gasteiger partial charge < -0.3 is 9.32 Å². The zero-order chi connectivity index (χ0) is 40.3. The van der Waals surface area contributed by atoms with Gasteiger partial charge in [0, 0.05) is 39.5 Å². The smallest absolute Gasteiger partial charge is 0.143 e. The average molecular weight is 778 g/mol. The first-order valence-electron chi connectivity index (χ1n) is 21.0. The van der Waals surface area contributed by atoms with Gasteiger partial charge in [0.05, 0.1) is 5.41 Å². The van der Waals surface area contributed by atoms with E-state index in [0.717, 1.165) is 50.1 Å². The van der Waals surface area contributed by atoms with Gasteiger partial charge in [0.15, 0.2) is 0 Å². The molecule has 286 valence electrons. The predicted molar refractivity (Wildman–Crippen MR) is 254 cm³/mol. The number of furan rings is 1. The van der Waals surface area contributed by atoms with Crippen molar-refractivity contribution >= 4 is 49.8 Å². The Morgan fingerprint density at radius 2 is 0.869 bits per heavy atom. The number of rotatable bonds is 7. The van der Waals surface area contributed by atoms with Gasteiger partial charge in [-0.05, 0) is 97.2 Å². The summed E-state index contributed by atoms with van der Waals surface area (Å²) in [6.45, 7) is 0. The van der Waals surface area contributed by atoms with Crippen molar-refractivity contribution in [2.45, 2.75) is 5.41 Å². The van der Waals surface area contributed by atoms with Gasteiger partial charge >= 0.3 is 0 Å². The maximum atomic E-state index is 6.86. The van der Waals surface area contributed by atoms with E-state index < -0.39 is 5.41 Å². The number of nitrogens with zero attached hydrogens (tertiary/aromatic N) is 1. The monoisotopic (exact) mass is 777 g/mol. The highest BCUT2D eigenvalue weighted by molar-refractivity contribution is 6.10. The summed E-state index contributed by atoms with van der Waals surface area (Å²) in [5.74, 6) is 0. The van der Waals surface area contributed by atoms with Crippen LogP contribution >= 0.6 is 0 Å². The average Bonchev–Trinajstić information content (AvgIpc) is 3.86. The number of fused-ring (bicyclic) bond motifs is 7. The summed E-state index contributed by atoms with van der Waals surface area (Å²) in [5.41, 5.74) is 16.6. The molecule has 10 aromatic carbocycles. The summed E-state index contributed by atoms with van der Waals surface area (Å²) in [6, 6.07) is 85.9. The van der Waals surface area contributed by atoms with Crippen molar-refractivity contribution in [1.82, 2.24) is 0 Å². The topological polar surface area (TPSA) is 16.4 Å². The van der Waals surface area contributed by atoms with E-state index in [1.54, 1.807) is 0 Å². The fourth-order valence-electron chi connectivity index (χ4n) is 10.1. The van der Waals surface area contributed by atoms with Gasteiger partial charge in [-0.1, -0.05) is 194 Å². The minimum Gasteiger partial charge on any atom is -0.455 e. The molecule has 0 aliphatic heterocycles. The van der Waals surface area contributed by atoms with E-state index in [9.17, 15) is 0 Å². The van der Waals surface area contributed by atoms with E-state index in [2.05, 4.69) is 241 Å². The maximum Gasteiger partial charge on any atom is 0.143 e. The van der Waals surface area contributed by atoms with E-state index in [4.69, 9.17) is 4.42 Å². The molecule has 0 atom stereocenters. The Morgan fingerprint density at radius 1 is 0.328 bits per heavy atom. The van der Waals surface area contributed by atoms with Crippen LogP contribution in [0.2, 0.25) is 0 Å². The Morgan fingerprint density at radius 3 is 1.66 bits per heavy atom. The van der Waals surface area contributed by atoms with Gasteiger partial charge in [-0.25, -0.2) is 0 Å². The van der Waals surface area contributed by atoms with Crippen LogP contribution in [0.25, 0.3) is 66.1 Å². The lowest BCUT2D eigenvalue weighted by atomic mass is 9.67. The Hall–Kier alpha value is -7.94. The molecule has 61 heavy (non-hydrogen) atoms. The summed E-state index contributed by atoms with van der Waals surface area (Å²) >= 11 is 0. The molecule has 0 saturated carbocycles. The molecule has 2 nitrogen and oxygen atoms in total. The van der Waals surface area contributed by atoms with Gasteiger partial charge in [-0.15, -0.1) is 0 Å². The van der Waals surface area contributed by atoms with Crippen LogP contribution < -0.4 is 4.90 Å². The minimum atomic E-state index is -0.523. The second-order valence-corrected chi connectivity index (χ2v) is 16.0. The maximum absolute atomic E-state index is 6.86. The van der Waals surface area contributed by atoms with Crippen LogP contribution in [0.3, 0.4) is 0 Å². The quantitative estimate of drug-likeness (QED) is 0.160. The van der Waals surface area contributed by atoms with E-state index >= 15 is 0 Å². The lowest BCUT2D eigenvalue weighted by Crippen LogP contribution is -2.28. The van der Waals surface area contributed by atoms with E-state index in [0.29, 0.717) is 0 Å². The molecule has 0 amide bonds. The zero-order valence-electron chi connectivity index (χ0n) is 33.4. The molecule has 0 fully saturated rings. The Labute approximate surface area is 355 Å². The first-order valence-corrected chi connectivity index (χ1v) is 21.0. The lowest BCUT2D eigenvalue weighted by molar-refractivity contribution is 0.670. The second-order valence-electron chi connectivity index (χ2n) is 16.0. The van der Waals surface area contributed by atoms with E-state index in [1.807, 2.05) is 0 Å². The number of hydrogen-bond acceptors (Lipinski definition) is 2. The highest BCUT2D eigenvalue weighted by atomic mass is 16.3. The summed E-state index contributed by atoms with van der Waals surface area (Å²) < 4.78 is 6.86. The van der Waals surface area contributed by atoms with Crippen LogP contribution in [0, 0.1) is 0 Å². The molecule has 2 heteroatoms. The van der Waals surface area contributed by atoms with Gasteiger partial charge in [-0.3, -0.25) is 0 Å². The largest absolute Gasteiger partial charge is 0.455 e. The van der Waals surface area contributed by atoms with Gasteiger partial charge in [0.1, 0.15) is 11.2 Å². The molecule has 1 aliphatic carbocycles. The number of anilines is 3. The van der Waals surface area contributed by atoms with Crippen LogP contribution in [0.1, 0.15) is 22.3 Å². The van der Waals surface area contributed by atoms with Gasteiger partial charge in [0.2, 0.25) is 0 Å². The predicted octanol–water partition coefficient (Wildman–Crippen LogP) is 15.9. The molecule has 12 rings (SSSR count). The summed E-state index contributed by atoms with van der Waals surface area (Å²) in [6.07, 6.45) is 0. The summed E-state index contributed by atoms with van der Waals surface area (Å²) in [7, 11) is 0. The third-order valence-corrected chi connectivity index (χ3v) is 12.8. The minimum absolute atomic E-state index is 0.523. The second kappa shape index (κ2) is 14.1. The van der Waals surface area contributed by atoms with Crippen LogP contribution in [-0.4, -0.2) is 0 Å². The molecule has 0 N–H and O–H groups in total. The molecule has 0 spiro atoms. The number of hydrogen-bond donors (Lipinski definition) is 0. The molecule has 0 radical (unpaired) electrons. The molecule has 1 aromatic heterocycles. The van der Waals surface area contributed by atoms with Crippen molar-refractivity contribution in [2.75, 3.05) is 4.90 Å². The first kappa shape index (κ1) is 35.0. The van der Waals surface area contributed by atoms with Crippen LogP contribution in [-0.2, 0) is 5.41 Å². The van der Waals surface area contributed by atoms with Crippen molar-refractivity contribution in [2.24, 2.45) is 0 Å². The molecule has 11 aromatic rings. The highest BCUT2D eigenvalue weighted by Crippen LogP contribution is 2.57. The number of para-hydroxylation sites is 1. The van der Waals surface area contributed by atoms with Gasteiger partial charge in [0.25, 0.3) is 0 Å². The molecule has 1 aliphatic rings. The standard InChI is InChI=1S/C59H39NO/c1-4-16-41(17-5-1)50-27-15-28-54-53-37-35-47(39-57(53)61-58(50)54)60(45-32-30-42(31-33-45)49-26-14-19-40-18-10-11-24-48(40)49)46-34-36-52-51-25-12-13-29-55(51)59(56(52)38-46,43-20-6-2-7-21-43)44-22-8-3-9-23-44/h1-39H. The van der Waals surface area contributed by atoms with E-state index in [-0.39, 0.29) is 0 Å². The van der Waals surface area contributed by atoms with Crippen LogP contribution in [0.5, 0.6) is 0 Å². The Balaban J connectivity index is 1.08.